The van der Waals surface area contributed by atoms with Crippen LogP contribution in [0.25, 0.3) is 0 Å². The first kappa shape index (κ1) is 9.56. The summed E-state index contributed by atoms with van der Waals surface area (Å²) in [6.07, 6.45) is 0.688. The fourth-order valence-electron chi connectivity index (χ4n) is 1.24. The molecule has 0 aliphatic carbocycles. The third-order valence-electron chi connectivity index (χ3n) is 1.79. The molecule has 0 heterocycles. The first-order chi connectivity index (χ1) is 6.13. The highest BCUT2D eigenvalue weighted by Gasteiger charge is 2.04. The van der Waals surface area contributed by atoms with E-state index in [1.807, 2.05) is 13.0 Å². The Hall–Kier alpha value is -1.53. The molecule has 13 heavy (non-hydrogen) atoms. The Morgan fingerprint density at radius 3 is 2.77 bits per heavy atom. The fourth-order valence-corrected chi connectivity index (χ4v) is 1.24. The van der Waals surface area contributed by atoms with Gasteiger partial charge in [-0.25, -0.2) is 0 Å². The third-order valence-corrected chi connectivity index (χ3v) is 1.79. The van der Waals surface area contributed by atoms with Crippen molar-refractivity contribution in [2.75, 3.05) is 5.73 Å². The van der Waals surface area contributed by atoms with Gasteiger partial charge in [-0.1, -0.05) is 0 Å². The summed E-state index contributed by atoms with van der Waals surface area (Å²) in [5.41, 5.74) is 13.5. The number of hydrogen-bond donors (Lipinski definition) is 2. The van der Waals surface area contributed by atoms with Crippen LogP contribution in [0.5, 0.6) is 0 Å². The van der Waals surface area contributed by atoms with Crippen LogP contribution in [0, 0.1) is 11.3 Å². The van der Waals surface area contributed by atoms with E-state index in [1.165, 1.54) is 0 Å². The number of hydrogen-bond acceptors (Lipinski definition) is 3. The summed E-state index contributed by atoms with van der Waals surface area (Å²) in [4.78, 5) is 0. The lowest BCUT2D eigenvalue weighted by Crippen LogP contribution is -2.18. The van der Waals surface area contributed by atoms with Gasteiger partial charge in [-0.3, -0.25) is 0 Å². The molecule has 3 nitrogen and oxygen atoms in total. The fraction of sp³-hybridized carbons (Fsp3) is 0.300. The van der Waals surface area contributed by atoms with Crippen molar-refractivity contribution in [1.29, 1.82) is 5.26 Å². The predicted molar refractivity (Wildman–Crippen MR) is 52.9 cm³/mol. The number of rotatable bonds is 2. The Morgan fingerprint density at radius 2 is 2.23 bits per heavy atom. The van der Waals surface area contributed by atoms with Crippen molar-refractivity contribution in [2.24, 2.45) is 5.73 Å². The maximum absolute atomic E-state index is 8.79. The Labute approximate surface area is 78.0 Å². The van der Waals surface area contributed by atoms with Gasteiger partial charge in [-0.2, -0.15) is 5.26 Å². The molecular weight excluding hydrogens is 162 g/mol. The zero-order valence-corrected chi connectivity index (χ0v) is 7.62. The molecular formula is C10H13N3. The summed E-state index contributed by atoms with van der Waals surface area (Å²) in [5.74, 6) is 0. The maximum atomic E-state index is 8.79. The molecule has 0 bridgehead atoms. The molecule has 0 saturated heterocycles. The summed E-state index contributed by atoms with van der Waals surface area (Å²) in [6, 6.07) is 7.43. The van der Waals surface area contributed by atoms with E-state index in [0.29, 0.717) is 17.7 Å². The van der Waals surface area contributed by atoms with Crippen LogP contribution in [-0.2, 0) is 6.42 Å². The van der Waals surface area contributed by atoms with E-state index < -0.39 is 0 Å². The van der Waals surface area contributed by atoms with Crippen molar-refractivity contribution in [3.05, 3.63) is 29.3 Å². The van der Waals surface area contributed by atoms with E-state index in [4.69, 9.17) is 16.7 Å². The van der Waals surface area contributed by atoms with Crippen molar-refractivity contribution >= 4 is 5.69 Å². The number of nitriles is 1. The lowest BCUT2D eigenvalue weighted by molar-refractivity contribution is 0.737. The molecule has 1 atom stereocenters. The minimum Gasteiger partial charge on any atom is -0.399 e. The van der Waals surface area contributed by atoms with E-state index in [-0.39, 0.29) is 6.04 Å². The van der Waals surface area contributed by atoms with Gasteiger partial charge in [-0.05, 0) is 37.1 Å². The number of nitrogens with zero attached hydrogens (tertiary/aromatic N) is 1. The van der Waals surface area contributed by atoms with Crippen LogP contribution in [0.3, 0.4) is 0 Å². The van der Waals surface area contributed by atoms with Gasteiger partial charge < -0.3 is 11.5 Å². The van der Waals surface area contributed by atoms with Gasteiger partial charge in [0, 0.05) is 11.7 Å². The Balaban J connectivity index is 3.03. The van der Waals surface area contributed by atoms with Crippen molar-refractivity contribution in [2.45, 2.75) is 19.4 Å². The van der Waals surface area contributed by atoms with Crippen LogP contribution in [0.4, 0.5) is 5.69 Å². The predicted octanol–water partition coefficient (Wildman–Crippen LogP) is 1.03. The molecule has 0 spiro atoms. The van der Waals surface area contributed by atoms with Gasteiger partial charge in [0.1, 0.15) is 0 Å². The van der Waals surface area contributed by atoms with E-state index >= 15 is 0 Å². The topological polar surface area (TPSA) is 75.8 Å². The van der Waals surface area contributed by atoms with Gasteiger partial charge in [0.15, 0.2) is 0 Å². The van der Waals surface area contributed by atoms with Crippen LogP contribution in [0.2, 0.25) is 0 Å². The molecule has 1 aromatic carbocycles. The Bertz CT molecular complexity index is 337. The number of anilines is 1. The van der Waals surface area contributed by atoms with Crippen LogP contribution < -0.4 is 11.5 Å². The summed E-state index contributed by atoms with van der Waals surface area (Å²) >= 11 is 0. The number of nitrogen functional groups attached to an aromatic ring is 1. The second-order valence-corrected chi connectivity index (χ2v) is 3.21. The highest BCUT2D eigenvalue weighted by molar-refractivity contribution is 5.49. The molecule has 68 valence electrons. The van der Waals surface area contributed by atoms with Crippen molar-refractivity contribution in [3.63, 3.8) is 0 Å². The van der Waals surface area contributed by atoms with E-state index in [2.05, 4.69) is 6.07 Å². The summed E-state index contributed by atoms with van der Waals surface area (Å²) in [6.45, 7) is 1.91. The molecule has 0 aliphatic rings. The van der Waals surface area contributed by atoms with Gasteiger partial charge in [0.05, 0.1) is 11.6 Å². The van der Waals surface area contributed by atoms with Crippen LogP contribution in [0.1, 0.15) is 18.1 Å². The molecule has 0 radical (unpaired) electrons. The quantitative estimate of drug-likeness (QED) is 0.659. The standard InChI is InChI=1S/C10H13N3/c1-7(12)4-9-5-10(13)3-2-8(9)6-11/h2-3,5,7H,4,12-13H2,1H3. The highest BCUT2D eigenvalue weighted by Crippen LogP contribution is 2.14. The average molecular weight is 175 g/mol. The Kier molecular flexibility index (Phi) is 2.88. The van der Waals surface area contributed by atoms with E-state index in [1.54, 1.807) is 12.1 Å². The van der Waals surface area contributed by atoms with Crippen LogP contribution in [-0.4, -0.2) is 6.04 Å². The summed E-state index contributed by atoms with van der Waals surface area (Å²) < 4.78 is 0. The zero-order chi connectivity index (χ0) is 9.84. The second-order valence-electron chi connectivity index (χ2n) is 3.21. The minimum atomic E-state index is 0.0499. The zero-order valence-electron chi connectivity index (χ0n) is 7.62. The lowest BCUT2D eigenvalue weighted by atomic mass is 10.0. The molecule has 0 fully saturated rings. The van der Waals surface area contributed by atoms with Gasteiger partial charge in [0.2, 0.25) is 0 Å². The molecule has 3 heteroatoms. The first-order valence-electron chi connectivity index (χ1n) is 4.17. The van der Waals surface area contributed by atoms with Crippen molar-refractivity contribution in [3.8, 4) is 6.07 Å². The van der Waals surface area contributed by atoms with Gasteiger partial charge >= 0.3 is 0 Å². The lowest BCUT2D eigenvalue weighted by Gasteiger charge is -2.07. The van der Waals surface area contributed by atoms with Crippen LogP contribution >= 0.6 is 0 Å². The Morgan fingerprint density at radius 1 is 1.54 bits per heavy atom. The second kappa shape index (κ2) is 3.92. The van der Waals surface area contributed by atoms with Gasteiger partial charge in [-0.15, -0.1) is 0 Å². The number of benzene rings is 1. The average Bonchev–Trinajstić information content (AvgIpc) is 2.03. The van der Waals surface area contributed by atoms with E-state index in [0.717, 1.165) is 5.56 Å². The summed E-state index contributed by atoms with van der Waals surface area (Å²) in [7, 11) is 0. The number of nitrogens with two attached hydrogens (primary N) is 2. The van der Waals surface area contributed by atoms with E-state index in [9.17, 15) is 0 Å². The van der Waals surface area contributed by atoms with Crippen molar-refractivity contribution < 1.29 is 0 Å². The largest absolute Gasteiger partial charge is 0.399 e. The molecule has 1 unspecified atom stereocenters. The molecule has 4 N–H and O–H groups in total. The minimum absolute atomic E-state index is 0.0499. The summed E-state index contributed by atoms with van der Waals surface area (Å²) in [5, 5.41) is 8.79. The molecule has 0 aromatic heterocycles. The normalized spacial score (nSPS) is 12.1. The molecule has 0 aliphatic heterocycles. The first-order valence-corrected chi connectivity index (χ1v) is 4.17. The monoisotopic (exact) mass is 175 g/mol. The van der Waals surface area contributed by atoms with Crippen LogP contribution in [0.15, 0.2) is 18.2 Å². The highest BCUT2D eigenvalue weighted by atomic mass is 14.6. The molecule has 1 rings (SSSR count). The molecule has 0 saturated carbocycles. The molecule has 0 amide bonds. The SMILES string of the molecule is CC(N)Cc1cc(N)ccc1C#N. The van der Waals surface area contributed by atoms with Crippen molar-refractivity contribution in [1.82, 2.24) is 0 Å². The molecule has 1 aromatic rings. The third kappa shape index (κ3) is 2.46. The maximum Gasteiger partial charge on any atom is 0.0994 e. The smallest absolute Gasteiger partial charge is 0.0994 e. The van der Waals surface area contributed by atoms with Gasteiger partial charge in [0.25, 0.3) is 0 Å².